The number of nitrogens with zero attached hydrogens (tertiary/aromatic N) is 1. The van der Waals surface area contributed by atoms with E-state index < -0.39 is 6.04 Å². The molecule has 1 amide bonds. The number of halogens is 1. The van der Waals surface area contributed by atoms with Crippen molar-refractivity contribution in [3.8, 4) is 5.75 Å². The summed E-state index contributed by atoms with van der Waals surface area (Å²) in [5.74, 6) is 0.951. The number of benzene rings is 1. The second-order valence-electron chi connectivity index (χ2n) is 4.92. The lowest BCUT2D eigenvalue weighted by Crippen LogP contribution is -2.45. The summed E-state index contributed by atoms with van der Waals surface area (Å²) in [5.41, 5.74) is 6.96. The lowest BCUT2D eigenvalue weighted by atomic mass is 9.99. The summed E-state index contributed by atoms with van der Waals surface area (Å²) in [6.45, 7) is 4.55. The van der Waals surface area contributed by atoms with Crippen LogP contribution in [0.3, 0.4) is 0 Å². The molecule has 0 heterocycles. The summed E-state index contributed by atoms with van der Waals surface area (Å²) < 4.78 is 5.29. The molecule has 5 heteroatoms. The molecule has 114 valence electrons. The van der Waals surface area contributed by atoms with Crippen molar-refractivity contribution in [1.29, 1.82) is 0 Å². The molecular weight excluding hydrogens is 276 g/mol. The van der Waals surface area contributed by atoms with Crippen molar-refractivity contribution in [1.82, 2.24) is 4.90 Å². The van der Waals surface area contributed by atoms with Gasteiger partial charge in [0, 0.05) is 19.2 Å². The van der Waals surface area contributed by atoms with Crippen LogP contribution >= 0.6 is 12.4 Å². The number of nitrogens with two attached hydrogens (primary N) is 1. The van der Waals surface area contributed by atoms with E-state index in [1.807, 2.05) is 38.1 Å². The SMILES string of the molecule is CCC(C)C(N)C(=O)N(C)Cc1ccccc1OC.Cl. The average molecular weight is 301 g/mol. The first-order valence-corrected chi connectivity index (χ1v) is 6.63. The third kappa shape index (κ3) is 4.69. The largest absolute Gasteiger partial charge is 0.496 e. The van der Waals surface area contributed by atoms with Crippen molar-refractivity contribution < 1.29 is 9.53 Å². The highest BCUT2D eigenvalue weighted by Crippen LogP contribution is 2.19. The summed E-state index contributed by atoms with van der Waals surface area (Å²) in [4.78, 5) is 13.9. The van der Waals surface area contributed by atoms with Crippen LogP contribution in [0.2, 0.25) is 0 Å². The standard InChI is InChI=1S/C15H24N2O2.ClH/c1-5-11(2)14(16)15(18)17(3)10-12-8-6-7-9-13(12)19-4;/h6-9,11,14H,5,10,16H2,1-4H3;1H. The van der Waals surface area contributed by atoms with E-state index in [0.717, 1.165) is 17.7 Å². The molecule has 0 spiro atoms. The molecule has 0 radical (unpaired) electrons. The van der Waals surface area contributed by atoms with Crippen molar-refractivity contribution in [3.63, 3.8) is 0 Å². The van der Waals surface area contributed by atoms with E-state index in [2.05, 4.69) is 0 Å². The van der Waals surface area contributed by atoms with Crippen LogP contribution in [-0.4, -0.2) is 31.0 Å². The molecule has 0 aromatic heterocycles. The van der Waals surface area contributed by atoms with Gasteiger partial charge in [-0.25, -0.2) is 0 Å². The Morgan fingerprint density at radius 3 is 2.55 bits per heavy atom. The Balaban J connectivity index is 0.00000361. The maximum absolute atomic E-state index is 12.2. The Bertz CT molecular complexity index is 426. The number of amides is 1. The van der Waals surface area contributed by atoms with Gasteiger partial charge in [-0.3, -0.25) is 4.79 Å². The van der Waals surface area contributed by atoms with Gasteiger partial charge in [0.2, 0.25) is 5.91 Å². The summed E-state index contributed by atoms with van der Waals surface area (Å²) in [6.07, 6.45) is 0.898. The fourth-order valence-corrected chi connectivity index (χ4v) is 1.92. The van der Waals surface area contributed by atoms with Gasteiger partial charge in [0.1, 0.15) is 5.75 Å². The number of para-hydroxylation sites is 1. The second-order valence-corrected chi connectivity index (χ2v) is 4.92. The molecule has 2 unspecified atom stereocenters. The summed E-state index contributed by atoms with van der Waals surface area (Å²) in [5, 5.41) is 0. The van der Waals surface area contributed by atoms with Crippen molar-refractivity contribution in [2.75, 3.05) is 14.2 Å². The fraction of sp³-hybridized carbons (Fsp3) is 0.533. The maximum Gasteiger partial charge on any atom is 0.239 e. The Morgan fingerprint density at radius 2 is 2.00 bits per heavy atom. The predicted octanol–water partition coefficient (Wildman–Crippen LogP) is 2.45. The van der Waals surface area contributed by atoms with Crippen molar-refractivity contribution in [2.24, 2.45) is 11.7 Å². The number of methoxy groups -OCH3 is 1. The molecule has 1 aromatic rings. The van der Waals surface area contributed by atoms with Gasteiger partial charge in [0.15, 0.2) is 0 Å². The van der Waals surface area contributed by atoms with E-state index >= 15 is 0 Å². The molecule has 20 heavy (non-hydrogen) atoms. The minimum Gasteiger partial charge on any atom is -0.496 e. The molecule has 0 saturated carbocycles. The molecule has 1 rings (SSSR count). The molecule has 0 aliphatic carbocycles. The minimum absolute atomic E-state index is 0. The van der Waals surface area contributed by atoms with Crippen molar-refractivity contribution in [3.05, 3.63) is 29.8 Å². The van der Waals surface area contributed by atoms with Gasteiger partial charge >= 0.3 is 0 Å². The molecule has 0 aliphatic rings. The number of ether oxygens (including phenoxy) is 1. The average Bonchev–Trinajstić information content (AvgIpc) is 2.45. The molecule has 0 aliphatic heterocycles. The van der Waals surface area contributed by atoms with Crippen LogP contribution in [0, 0.1) is 5.92 Å². The number of hydrogen-bond donors (Lipinski definition) is 1. The van der Waals surface area contributed by atoms with Crippen LogP contribution in [0.15, 0.2) is 24.3 Å². The zero-order valence-corrected chi connectivity index (χ0v) is 13.4. The van der Waals surface area contributed by atoms with Crippen LogP contribution in [0.4, 0.5) is 0 Å². The third-order valence-corrected chi connectivity index (χ3v) is 3.52. The van der Waals surface area contributed by atoms with Crippen LogP contribution < -0.4 is 10.5 Å². The van der Waals surface area contributed by atoms with Gasteiger partial charge in [-0.15, -0.1) is 12.4 Å². The van der Waals surface area contributed by atoms with E-state index in [-0.39, 0.29) is 24.2 Å². The van der Waals surface area contributed by atoms with E-state index in [1.54, 1.807) is 19.1 Å². The van der Waals surface area contributed by atoms with E-state index in [0.29, 0.717) is 6.54 Å². The van der Waals surface area contributed by atoms with E-state index in [1.165, 1.54) is 0 Å². The van der Waals surface area contributed by atoms with Crippen molar-refractivity contribution >= 4 is 18.3 Å². The van der Waals surface area contributed by atoms with Crippen LogP contribution in [0.1, 0.15) is 25.8 Å². The zero-order chi connectivity index (χ0) is 14.4. The topological polar surface area (TPSA) is 55.6 Å². The number of rotatable bonds is 6. The van der Waals surface area contributed by atoms with Gasteiger partial charge in [-0.05, 0) is 12.0 Å². The van der Waals surface area contributed by atoms with E-state index in [9.17, 15) is 4.79 Å². The van der Waals surface area contributed by atoms with Crippen LogP contribution in [0.25, 0.3) is 0 Å². The quantitative estimate of drug-likeness (QED) is 0.878. The van der Waals surface area contributed by atoms with Gasteiger partial charge < -0.3 is 15.4 Å². The molecule has 0 bridgehead atoms. The van der Waals surface area contributed by atoms with Gasteiger partial charge in [0.05, 0.1) is 13.2 Å². The molecule has 1 aromatic carbocycles. The minimum atomic E-state index is -0.440. The Morgan fingerprint density at radius 1 is 1.40 bits per heavy atom. The van der Waals surface area contributed by atoms with Gasteiger partial charge in [0.25, 0.3) is 0 Å². The molecule has 2 atom stereocenters. The first-order chi connectivity index (χ1) is 9.01. The number of likely N-dealkylation sites (N-methyl/N-ethyl adjacent to an activating group) is 1. The first-order valence-electron chi connectivity index (χ1n) is 6.63. The third-order valence-electron chi connectivity index (χ3n) is 3.52. The second kappa shape index (κ2) is 8.82. The molecule has 2 N–H and O–H groups in total. The summed E-state index contributed by atoms with van der Waals surface area (Å²) in [7, 11) is 3.41. The fourth-order valence-electron chi connectivity index (χ4n) is 1.92. The number of carbonyl (C=O) groups is 1. The Kier molecular flexibility index (Phi) is 8.26. The normalized spacial score (nSPS) is 13.1. The summed E-state index contributed by atoms with van der Waals surface area (Å²) >= 11 is 0. The highest BCUT2D eigenvalue weighted by atomic mass is 35.5. The first kappa shape index (κ1) is 18.7. The zero-order valence-electron chi connectivity index (χ0n) is 12.6. The molecular formula is C15H25ClN2O2. The Labute approximate surface area is 127 Å². The van der Waals surface area contributed by atoms with Crippen molar-refractivity contribution in [2.45, 2.75) is 32.9 Å². The highest BCUT2D eigenvalue weighted by Gasteiger charge is 2.23. The van der Waals surface area contributed by atoms with E-state index in [4.69, 9.17) is 10.5 Å². The lowest BCUT2D eigenvalue weighted by Gasteiger charge is -2.25. The van der Waals surface area contributed by atoms with Crippen LogP contribution in [-0.2, 0) is 11.3 Å². The number of hydrogen-bond acceptors (Lipinski definition) is 3. The molecule has 0 saturated heterocycles. The predicted molar refractivity (Wildman–Crippen MR) is 84.1 cm³/mol. The van der Waals surface area contributed by atoms with Gasteiger partial charge in [-0.2, -0.15) is 0 Å². The lowest BCUT2D eigenvalue weighted by molar-refractivity contribution is -0.132. The highest BCUT2D eigenvalue weighted by molar-refractivity contribution is 5.85. The van der Waals surface area contributed by atoms with Crippen LogP contribution in [0.5, 0.6) is 5.75 Å². The smallest absolute Gasteiger partial charge is 0.239 e. The maximum atomic E-state index is 12.2. The molecule has 4 nitrogen and oxygen atoms in total. The Hall–Kier alpha value is -1.26. The molecule has 0 fully saturated rings. The monoisotopic (exact) mass is 300 g/mol. The number of carbonyl (C=O) groups excluding carboxylic acids is 1. The summed E-state index contributed by atoms with van der Waals surface area (Å²) in [6, 6.07) is 7.25. The van der Waals surface area contributed by atoms with Gasteiger partial charge in [-0.1, -0.05) is 38.5 Å².